The quantitative estimate of drug-likeness (QED) is 0.659. The van der Waals surface area contributed by atoms with E-state index in [0.717, 1.165) is 0 Å². The number of hydrogen-bond acceptors (Lipinski definition) is 4. The number of ether oxygens (including phenoxy) is 1. The number of rotatable bonds is 5. The fourth-order valence-electron chi connectivity index (χ4n) is 1.58. The summed E-state index contributed by atoms with van der Waals surface area (Å²) in [5.74, 6) is -0.333. The van der Waals surface area contributed by atoms with Crippen LogP contribution < -0.4 is 10.2 Å². The van der Waals surface area contributed by atoms with Gasteiger partial charge in [0.1, 0.15) is 11.5 Å². The molecular weight excluding hydrogens is 294 g/mol. The van der Waals surface area contributed by atoms with Crippen molar-refractivity contribution in [3.63, 3.8) is 0 Å². The van der Waals surface area contributed by atoms with Crippen molar-refractivity contribution < 1.29 is 23.4 Å². The van der Waals surface area contributed by atoms with Crippen LogP contribution in [0.2, 0.25) is 0 Å². The molecule has 0 atom stereocenters. The molecule has 0 saturated carbocycles. The van der Waals surface area contributed by atoms with Crippen molar-refractivity contribution in [2.45, 2.75) is 6.61 Å². The molecular formula is C15H12F2N2O3. The summed E-state index contributed by atoms with van der Waals surface area (Å²) in [4.78, 5) is 11.7. The normalized spacial score (nSPS) is 10.9. The zero-order valence-electron chi connectivity index (χ0n) is 11.2. The topological polar surface area (TPSA) is 70.9 Å². The molecule has 0 heterocycles. The second-order valence-corrected chi connectivity index (χ2v) is 4.19. The fourth-order valence-corrected chi connectivity index (χ4v) is 1.58. The molecule has 0 radical (unpaired) electrons. The van der Waals surface area contributed by atoms with Crippen molar-refractivity contribution in [1.82, 2.24) is 5.43 Å². The average molecular weight is 306 g/mol. The Morgan fingerprint density at radius 1 is 1.14 bits per heavy atom. The number of phenols is 1. The van der Waals surface area contributed by atoms with Crippen molar-refractivity contribution >= 4 is 12.1 Å². The molecule has 0 aliphatic heterocycles. The van der Waals surface area contributed by atoms with E-state index >= 15 is 0 Å². The van der Waals surface area contributed by atoms with Gasteiger partial charge in [0.15, 0.2) is 0 Å². The molecule has 2 rings (SSSR count). The number of phenolic OH excluding ortho intramolecular Hbond substituents is 1. The van der Waals surface area contributed by atoms with Gasteiger partial charge in [0.25, 0.3) is 5.91 Å². The van der Waals surface area contributed by atoms with Gasteiger partial charge in [0.2, 0.25) is 0 Å². The Hall–Kier alpha value is -2.96. The van der Waals surface area contributed by atoms with Crippen LogP contribution in [0.4, 0.5) is 8.78 Å². The van der Waals surface area contributed by atoms with E-state index in [1.165, 1.54) is 54.7 Å². The highest BCUT2D eigenvalue weighted by molar-refractivity contribution is 5.94. The van der Waals surface area contributed by atoms with E-state index in [0.29, 0.717) is 11.1 Å². The highest BCUT2D eigenvalue weighted by Crippen LogP contribution is 2.14. The van der Waals surface area contributed by atoms with E-state index in [-0.39, 0.29) is 11.5 Å². The molecule has 7 heteroatoms. The van der Waals surface area contributed by atoms with Gasteiger partial charge in [-0.05, 0) is 54.1 Å². The molecule has 2 aromatic carbocycles. The number of halogens is 2. The smallest absolute Gasteiger partial charge is 0.387 e. The largest absolute Gasteiger partial charge is 0.508 e. The summed E-state index contributed by atoms with van der Waals surface area (Å²) >= 11 is 0. The SMILES string of the molecule is O=C(N/N=C\c1ccc(OC(F)F)cc1)c1ccc(O)cc1. The summed E-state index contributed by atoms with van der Waals surface area (Å²) in [6.07, 6.45) is 1.37. The number of hydrazone groups is 1. The number of benzene rings is 2. The van der Waals surface area contributed by atoms with E-state index in [4.69, 9.17) is 5.11 Å². The second kappa shape index (κ2) is 7.16. The van der Waals surface area contributed by atoms with Crippen LogP contribution >= 0.6 is 0 Å². The predicted molar refractivity (Wildman–Crippen MR) is 76.2 cm³/mol. The minimum absolute atomic E-state index is 0.0419. The molecule has 0 unspecified atom stereocenters. The molecule has 0 aliphatic carbocycles. The third-order valence-electron chi connectivity index (χ3n) is 2.61. The van der Waals surface area contributed by atoms with Gasteiger partial charge in [-0.1, -0.05) is 0 Å². The lowest BCUT2D eigenvalue weighted by molar-refractivity contribution is -0.0498. The van der Waals surface area contributed by atoms with Gasteiger partial charge in [-0.15, -0.1) is 0 Å². The molecule has 0 fully saturated rings. The van der Waals surface area contributed by atoms with Crippen LogP contribution in [0.15, 0.2) is 53.6 Å². The standard InChI is InChI=1S/C15H12F2N2O3/c16-15(17)22-13-7-1-10(2-8-13)9-18-19-14(21)11-3-5-12(20)6-4-11/h1-9,15,20H,(H,19,21)/b18-9-. The third-order valence-corrected chi connectivity index (χ3v) is 2.61. The molecule has 2 N–H and O–H groups in total. The Morgan fingerprint density at radius 3 is 2.36 bits per heavy atom. The molecule has 5 nitrogen and oxygen atoms in total. The number of alkyl halides is 2. The Kier molecular flexibility index (Phi) is 5.02. The average Bonchev–Trinajstić information content (AvgIpc) is 2.49. The van der Waals surface area contributed by atoms with Gasteiger partial charge in [-0.25, -0.2) is 5.43 Å². The summed E-state index contributed by atoms with van der Waals surface area (Å²) in [7, 11) is 0. The van der Waals surface area contributed by atoms with E-state index in [2.05, 4.69) is 15.3 Å². The number of carbonyl (C=O) groups excluding carboxylic acids is 1. The molecule has 0 aromatic heterocycles. The van der Waals surface area contributed by atoms with E-state index < -0.39 is 12.5 Å². The maximum absolute atomic E-state index is 12.0. The summed E-state index contributed by atoms with van der Waals surface area (Å²) in [6.45, 7) is -2.87. The minimum atomic E-state index is -2.87. The first-order valence-corrected chi connectivity index (χ1v) is 6.22. The van der Waals surface area contributed by atoms with Crippen LogP contribution in [-0.4, -0.2) is 23.8 Å². The number of nitrogens with zero attached hydrogens (tertiary/aromatic N) is 1. The Morgan fingerprint density at radius 2 is 1.77 bits per heavy atom. The van der Waals surface area contributed by atoms with Crippen LogP contribution in [-0.2, 0) is 0 Å². The Bertz CT molecular complexity index is 655. The maximum atomic E-state index is 12.0. The van der Waals surface area contributed by atoms with E-state index in [9.17, 15) is 13.6 Å². The van der Waals surface area contributed by atoms with E-state index in [1.54, 1.807) is 0 Å². The first-order chi connectivity index (χ1) is 10.5. The first kappa shape index (κ1) is 15.4. The molecule has 0 saturated heterocycles. The van der Waals surface area contributed by atoms with Crippen LogP contribution in [0, 0.1) is 0 Å². The number of nitrogens with one attached hydrogen (secondary N) is 1. The van der Waals surface area contributed by atoms with Crippen molar-refractivity contribution in [1.29, 1.82) is 0 Å². The number of aromatic hydroxyl groups is 1. The van der Waals surface area contributed by atoms with Crippen LogP contribution in [0.5, 0.6) is 11.5 Å². The summed E-state index contributed by atoms with van der Waals surface area (Å²) in [5, 5.41) is 12.9. The maximum Gasteiger partial charge on any atom is 0.387 e. The predicted octanol–water partition coefficient (Wildman–Crippen LogP) is 2.76. The van der Waals surface area contributed by atoms with E-state index in [1.807, 2.05) is 0 Å². The van der Waals surface area contributed by atoms with Crippen molar-refractivity contribution in [3.8, 4) is 11.5 Å². The number of amides is 1. The third kappa shape index (κ3) is 4.55. The van der Waals surface area contributed by atoms with Gasteiger partial charge in [0.05, 0.1) is 6.21 Å². The number of hydrogen-bond donors (Lipinski definition) is 2. The van der Waals surface area contributed by atoms with Gasteiger partial charge in [0, 0.05) is 5.56 Å². The highest BCUT2D eigenvalue weighted by atomic mass is 19.3. The van der Waals surface area contributed by atoms with Crippen molar-refractivity contribution in [3.05, 3.63) is 59.7 Å². The zero-order valence-corrected chi connectivity index (χ0v) is 11.2. The lowest BCUT2D eigenvalue weighted by atomic mass is 10.2. The minimum Gasteiger partial charge on any atom is -0.508 e. The Labute approximate surface area is 124 Å². The summed E-state index contributed by atoms with van der Waals surface area (Å²) in [5.41, 5.74) is 3.26. The van der Waals surface area contributed by atoms with Gasteiger partial charge in [-0.2, -0.15) is 13.9 Å². The molecule has 2 aromatic rings. The molecule has 22 heavy (non-hydrogen) atoms. The first-order valence-electron chi connectivity index (χ1n) is 6.22. The number of carbonyl (C=O) groups is 1. The lowest BCUT2D eigenvalue weighted by Crippen LogP contribution is -2.17. The monoisotopic (exact) mass is 306 g/mol. The van der Waals surface area contributed by atoms with Gasteiger partial charge >= 0.3 is 6.61 Å². The zero-order chi connectivity index (χ0) is 15.9. The molecule has 0 bridgehead atoms. The molecule has 0 spiro atoms. The summed E-state index contributed by atoms with van der Waals surface area (Å²) < 4.78 is 28.2. The Balaban J connectivity index is 1.91. The molecule has 0 aliphatic rings. The van der Waals surface area contributed by atoms with Crippen molar-refractivity contribution in [2.24, 2.45) is 5.10 Å². The van der Waals surface area contributed by atoms with Gasteiger partial charge in [-0.3, -0.25) is 4.79 Å². The van der Waals surface area contributed by atoms with Gasteiger partial charge < -0.3 is 9.84 Å². The van der Waals surface area contributed by atoms with Crippen LogP contribution in [0.25, 0.3) is 0 Å². The highest BCUT2D eigenvalue weighted by Gasteiger charge is 2.04. The summed E-state index contributed by atoms with van der Waals surface area (Å²) in [6, 6.07) is 11.5. The second-order valence-electron chi connectivity index (χ2n) is 4.19. The molecule has 1 amide bonds. The molecule has 114 valence electrons. The van der Waals surface area contributed by atoms with Crippen LogP contribution in [0.3, 0.4) is 0 Å². The lowest BCUT2D eigenvalue weighted by Gasteiger charge is -2.03. The van der Waals surface area contributed by atoms with Crippen LogP contribution in [0.1, 0.15) is 15.9 Å². The fraction of sp³-hybridized carbons (Fsp3) is 0.0667. The van der Waals surface area contributed by atoms with Crippen molar-refractivity contribution in [2.75, 3.05) is 0 Å².